The van der Waals surface area contributed by atoms with Gasteiger partial charge >= 0.3 is 225 Å². The molecule has 37 heavy (non-hydrogen) atoms. The molecular formula is C31H18N4Se2. The summed E-state index contributed by atoms with van der Waals surface area (Å²) in [5.74, 6) is 2.06. The van der Waals surface area contributed by atoms with E-state index in [0.29, 0.717) is 17.6 Å². The summed E-state index contributed by atoms with van der Waals surface area (Å²) in [6.07, 6.45) is 0. The average Bonchev–Trinajstić information content (AvgIpc) is 3.62. The molecule has 4 heterocycles. The van der Waals surface area contributed by atoms with Crippen LogP contribution in [-0.4, -0.2) is 48.5 Å². The summed E-state index contributed by atoms with van der Waals surface area (Å²) >= 11 is 0.533. The summed E-state index contributed by atoms with van der Waals surface area (Å²) in [6.45, 7) is 0. The fourth-order valence-corrected chi connectivity index (χ4v) is 10.7. The molecule has 0 bridgehead atoms. The third-order valence-electron chi connectivity index (χ3n) is 6.68. The van der Waals surface area contributed by atoms with Gasteiger partial charge in [-0.15, -0.1) is 0 Å². The van der Waals surface area contributed by atoms with Crippen molar-refractivity contribution in [1.29, 1.82) is 0 Å². The van der Waals surface area contributed by atoms with E-state index in [9.17, 15) is 0 Å². The van der Waals surface area contributed by atoms with E-state index in [2.05, 4.69) is 77.4 Å². The monoisotopic (exact) mass is 606 g/mol. The molecule has 0 atom stereocenters. The first kappa shape index (κ1) is 21.3. The van der Waals surface area contributed by atoms with Crippen molar-refractivity contribution in [3.8, 4) is 28.7 Å². The Morgan fingerprint density at radius 1 is 0.459 bits per heavy atom. The Morgan fingerprint density at radius 3 is 1.38 bits per heavy atom. The van der Waals surface area contributed by atoms with Gasteiger partial charge in [0.25, 0.3) is 0 Å². The quantitative estimate of drug-likeness (QED) is 0.210. The SMILES string of the molecule is c1ccc(-c2nc(-c3ccccc3)nc(-n3c4c5ccccc5[se]c4c4[se]c5ccccc5c43)n2)cc1. The van der Waals surface area contributed by atoms with Crippen molar-refractivity contribution in [2.75, 3.05) is 0 Å². The Morgan fingerprint density at radius 2 is 0.892 bits per heavy atom. The van der Waals surface area contributed by atoms with Gasteiger partial charge in [0, 0.05) is 0 Å². The second-order valence-electron chi connectivity index (χ2n) is 8.90. The van der Waals surface area contributed by atoms with Crippen LogP contribution in [-0.2, 0) is 0 Å². The molecular weight excluding hydrogens is 586 g/mol. The molecule has 6 heteroatoms. The van der Waals surface area contributed by atoms with Gasteiger partial charge in [0.2, 0.25) is 0 Å². The van der Waals surface area contributed by atoms with Gasteiger partial charge in [0.1, 0.15) is 0 Å². The van der Waals surface area contributed by atoms with Crippen molar-refractivity contribution in [1.82, 2.24) is 19.5 Å². The fraction of sp³-hybridized carbons (Fsp3) is 0. The minimum absolute atomic E-state index is 0.266. The van der Waals surface area contributed by atoms with E-state index in [1.165, 1.54) is 38.8 Å². The summed E-state index contributed by atoms with van der Waals surface area (Å²) in [5, 5.41) is 2.62. The molecule has 0 N–H and O–H groups in total. The van der Waals surface area contributed by atoms with Crippen LogP contribution >= 0.6 is 0 Å². The maximum absolute atomic E-state index is 5.13. The first-order valence-corrected chi connectivity index (χ1v) is 15.5. The number of hydrogen-bond donors (Lipinski definition) is 0. The van der Waals surface area contributed by atoms with Crippen LogP contribution in [0.1, 0.15) is 0 Å². The molecule has 4 aromatic heterocycles. The zero-order chi connectivity index (χ0) is 24.3. The molecule has 0 radical (unpaired) electrons. The molecule has 0 spiro atoms. The number of nitrogens with zero attached hydrogens (tertiary/aromatic N) is 4. The molecule has 4 nitrogen and oxygen atoms in total. The van der Waals surface area contributed by atoms with E-state index in [-0.39, 0.29) is 29.0 Å². The molecule has 0 unspecified atom stereocenters. The van der Waals surface area contributed by atoms with Crippen molar-refractivity contribution in [2.45, 2.75) is 0 Å². The van der Waals surface area contributed by atoms with Gasteiger partial charge in [-0.25, -0.2) is 0 Å². The van der Waals surface area contributed by atoms with Gasteiger partial charge in [0.05, 0.1) is 0 Å². The van der Waals surface area contributed by atoms with E-state index in [1.54, 1.807) is 0 Å². The summed E-state index contributed by atoms with van der Waals surface area (Å²) in [7, 11) is 0. The Hall–Kier alpha value is -3.79. The van der Waals surface area contributed by atoms with Gasteiger partial charge < -0.3 is 0 Å². The third-order valence-corrected chi connectivity index (χ3v) is 12.3. The molecule has 0 aliphatic carbocycles. The average molecular weight is 604 g/mol. The van der Waals surface area contributed by atoms with Crippen molar-refractivity contribution >= 4 is 67.9 Å². The summed E-state index contributed by atoms with van der Waals surface area (Å²) in [5.41, 5.74) is 4.50. The zero-order valence-corrected chi connectivity index (χ0v) is 22.9. The topological polar surface area (TPSA) is 43.6 Å². The van der Waals surface area contributed by atoms with Crippen molar-refractivity contribution in [2.24, 2.45) is 0 Å². The Kier molecular flexibility index (Phi) is 4.82. The van der Waals surface area contributed by atoms with Crippen molar-refractivity contribution in [3.05, 3.63) is 109 Å². The molecule has 0 amide bonds. The number of aromatic nitrogens is 4. The Balaban J connectivity index is 1.54. The molecule has 0 aliphatic rings. The molecule has 0 aliphatic heterocycles. The van der Waals surface area contributed by atoms with E-state index < -0.39 is 0 Å². The van der Waals surface area contributed by atoms with Crippen LogP contribution in [0, 0.1) is 0 Å². The van der Waals surface area contributed by atoms with Crippen molar-refractivity contribution < 1.29 is 0 Å². The predicted octanol–water partition coefficient (Wildman–Crippen LogP) is 6.72. The summed E-state index contributed by atoms with van der Waals surface area (Å²) in [6, 6.07) is 38.1. The first-order chi connectivity index (χ1) is 18.3. The van der Waals surface area contributed by atoms with Gasteiger partial charge in [-0.3, -0.25) is 0 Å². The van der Waals surface area contributed by atoms with Crippen LogP contribution in [0.15, 0.2) is 109 Å². The molecule has 0 saturated carbocycles. The first-order valence-electron chi connectivity index (χ1n) is 12.1. The summed E-state index contributed by atoms with van der Waals surface area (Å²) in [4.78, 5) is 15.2. The fourth-order valence-electron chi connectivity index (χ4n) is 5.02. The van der Waals surface area contributed by atoms with Crippen LogP contribution in [0.3, 0.4) is 0 Å². The standard InChI is InChI=1S/C31H18N4Se2/c1-3-11-19(12-4-1)29-32-30(20-13-5-2-6-14-20)34-31(33-29)35-25-21-15-7-9-17-23(21)36-27(25)28-26(35)22-16-8-10-18-24(22)37-28/h1-18H. The normalized spacial score (nSPS) is 11.8. The van der Waals surface area contributed by atoms with Crippen LogP contribution in [0.25, 0.3) is 67.6 Å². The minimum atomic E-state index is 0.266. The van der Waals surface area contributed by atoms with Crippen LogP contribution in [0.4, 0.5) is 0 Å². The van der Waals surface area contributed by atoms with E-state index >= 15 is 0 Å². The molecule has 8 aromatic rings. The number of hydrogen-bond acceptors (Lipinski definition) is 3. The molecule has 0 saturated heterocycles. The van der Waals surface area contributed by atoms with E-state index in [4.69, 9.17) is 15.0 Å². The van der Waals surface area contributed by atoms with Crippen LogP contribution in [0.2, 0.25) is 0 Å². The Labute approximate surface area is 224 Å². The van der Waals surface area contributed by atoms with Crippen molar-refractivity contribution in [3.63, 3.8) is 0 Å². The van der Waals surface area contributed by atoms with Gasteiger partial charge in [0.15, 0.2) is 0 Å². The molecule has 4 aromatic carbocycles. The maximum atomic E-state index is 5.13. The predicted molar refractivity (Wildman–Crippen MR) is 154 cm³/mol. The van der Waals surface area contributed by atoms with Gasteiger partial charge in [-0.1, -0.05) is 0 Å². The number of rotatable bonds is 3. The number of benzene rings is 4. The van der Waals surface area contributed by atoms with Gasteiger partial charge in [-0.05, 0) is 0 Å². The summed E-state index contributed by atoms with van der Waals surface area (Å²) < 4.78 is 8.19. The van der Waals surface area contributed by atoms with E-state index in [1.807, 2.05) is 36.4 Å². The molecule has 174 valence electrons. The molecule has 8 rings (SSSR count). The van der Waals surface area contributed by atoms with E-state index in [0.717, 1.165) is 11.1 Å². The van der Waals surface area contributed by atoms with Gasteiger partial charge in [-0.2, -0.15) is 0 Å². The molecule has 0 fully saturated rings. The second-order valence-corrected chi connectivity index (χ2v) is 13.3. The van der Waals surface area contributed by atoms with Crippen LogP contribution < -0.4 is 0 Å². The van der Waals surface area contributed by atoms with Crippen LogP contribution in [0.5, 0.6) is 0 Å². The zero-order valence-electron chi connectivity index (χ0n) is 19.5. The second kappa shape index (κ2) is 8.37. The third kappa shape index (κ3) is 3.31. The number of fused-ring (bicyclic) bond motifs is 7. The Bertz CT molecular complexity index is 1940.